The van der Waals surface area contributed by atoms with Gasteiger partial charge >= 0.3 is 5.97 Å². The van der Waals surface area contributed by atoms with Crippen molar-refractivity contribution in [1.29, 1.82) is 0 Å². The van der Waals surface area contributed by atoms with Gasteiger partial charge in [0.2, 0.25) is 0 Å². The van der Waals surface area contributed by atoms with E-state index < -0.39 is 18.2 Å². The van der Waals surface area contributed by atoms with Crippen molar-refractivity contribution in [1.82, 2.24) is 4.98 Å². The van der Waals surface area contributed by atoms with Crippen LogP contribution in [0.4, 0.5) is 0 Å². The third kappa shape index (κ3) is 3.64. The summed E-state index contributed by atoms with van der Waals surface area (Å²) in [5, 5.41) is 19.4. The van der Waals surface area contributed by atoms with Crippen molar-refractivity contribution in [2.75, 3.05) is 6.61 Å². The molecule has 5 nitrogen and oxygen atoms in total. The fourth-order valence-corrected chi connectivity index (χ4v) is 1.74. The van der Waals surface area contributed by atoms with Crippen LogP contribution in [0.25, 0.3) is 0 Å². The Labute approximate surface area is 112 Å². The van der Waals surface area contributed by atoms with E-state index >= 15 is 0 Å². The van der Waals surface area contributed by atoms with Crippen LogP contribution >= 0.6 is 27.5 Å². The van der Waals surface area contributed by atoms with E-state index in [1.165, 1.54) is 12.3 Å². The number of halogens is 2. The Balaban J connectivity index is 2.91. The standard InChI is InChI=1S/C10H11BrClNO4/c1-2-17-10(16)8(15)7(14)6-3-5(11)4-13-9(6)12/h3-4,7-8,14-15H,2H2,1H3. The molecule has 0 aliphatic carbocycles. The Morgan fingerprint density at radius 3 is 2.88 bits per heavy atom. The van der Waals surface area contributed by atoms with Gasteiger partial charge in [0.15, 0.2) is 6.10 Å². The molecule has 1 aromatic heterocycles. The van der Waals surface area contributed by atoms with Crippen LogP contribution in [-0.2, 0) is 9.53 Å². The molecule has 7 heteroatoms. The summed E-state index contributed by atoms with van der Waals surface area (Å²) in [5.74, 6) is -0.906. The minimum atomic E-state index is -1.69. The van der Waals surface area contributed by atoms with Crippen molar-refractivity contribution in [2.24, 2.45) is 0 Å². The minimum absolute atomic E-state index is 0.0176. The normalized spacial score (nSPS) is 14.2. The zero-order valence-electron chi connectivity index (χ0n) is 8.93. The van der Waals surface area contributed by atoms with Crippen LogP contribution in [0, 0.1) is 0 Å². The summed E-state index contributed by atoms with van der Waals surface area (Å²) in [6, 6.07) is 1.47. The van der Waals surface area contributed by atoms with Gasteiger partial charge in [0.1, 0.15) is 11.3 Å². The first-order valence-corrected chi connectivity index (χ1v) is 5.98. The number of carbonyl (C=O) groups excluding carboxylic acids is 1. The number of ether oxygens (including phenoxy) is 1. The number of aliphatic hydroxyl groups is 2. The summed E-state index contributed by atoms with van der Waals surface area (Å²) in [4.78, 5) is 15.0. The predicted molar refractivity (Wildman–Crippen MR) is 64.5 cm³/mol. The number of hydrogen-bond acceptors (Lipinski definition) is 5. The van der Waals surface area contributed by atoms with Gasteiger partial charge in [-0.1, -0.05) is 11.6 Å². The highest BCUT2D eigenvalue weighted by Gasteiger charge is 2.29. The first kappa shape index (κ1) is 14.4. The van der Waals surface area contributed by atoms with Crippen LogP contribution < -0.4 is 0 Å². The summed E-state index contributed by atoms with van der Waals surface area (Å²) in [6.45, 7) is 1.72. The van der Waals surface area contributed by atoms with E-state index in [1.54, 1.807) is 6.92 Å². The van der Waals surface area contributed by atoms with Gasteiger partial charge in [-0.2, -0.15) is 0 Å². The Morgan fingerprint density at radius 2 is 2.29 bits per heavy atom. The number of pyridine rings is 1. The number of carbonyl (C=O) groups is 1. The number of nitrogens with zero attached hydrogens (tertiary/aromatic N) is 1. The van der Waals surface area contributed by atoms with Gasteiger partial charge < -0.3 is 14.9 Å². The summed E-state index contributed by atoms with van der Waals surface area (Å²) in [5.41, 5.74) is 0.154. The molecule has 0 radical (unpaired) electrons. The zero-order valence-corrected chi connectivity index (χ0v) is 11.3. The van der Waals surface area contributed by atoms with Gasteiger partial charge in [0.05, 0.1) is 6.61 Å². The lowest BCUT2D eigenvalue weighted by Gasteiger charge is -2.17. The van der Waals surface area contributed by atoms with Crippen LogP contribution in [0.1, 0.15) is 18.6 Å². The predicted octanol–water partition coefficient (Wildman–Crippen LogP) is 1.45. The minimum Gasteiger partial charge on any atom is -0.464 e. The topological polar surface area (TPSA) is 79.7 Å². The average molecular weight is 325 g/mol. The molecule has 0 amide bonds. The van der Waals surface area contributed by atoms with Crippen LogP contribution in [0.3, 0.4) is 0 Å². The van der Waals surface area contributed by atoms with E-state index in [9.17, 15) is 15.0 Å². The Kier molecular flexibility index (Phi) is 5.32. The fraction of sp³-hybridized carbons (Fsp3) is 0.400. The van der Waals surface area contributed by atoms with Crippen LogP contribution in [0.15, 0.2) is 16.7 Å². The molecule has 2 atom stereocenters. The molecule has 2 unspecified atom stereocenters. The summed E-state index contributed by atoms with van der Waals surface area (Å²) in [7, 11) is 0. The van der Waals surface area contributed by atoms with E-state index in [0.717, 1.165) is 0 Å². The molecule has 2 N–H and O–H groups in total. The van der Waals surface area contributed by atoms with Gasteiger partial charge in [0, 0.05) is 16.2 Å². The first-order chi connectivity index (χ1) is 7.97. The average Bonchev–Trinajstić information content (AvgIpc) is 2.30. The Hall–Kier alpha value is -0.690. The molecule has 1 rings (SSSR count). The lowest BCUT2D eigenvalue weighted by Crippen LogP contribution is -2.30. The lowest BCUT2D eigenvalue weighted by atomic mass is 10.1. The molecule has 0 bridgehead atoms. The van der Waals surface area contributed by atoms with Crippen molar-refractivity contribution >= 4 is 33.5 Å². The number of aromatic nitrogens is 1. The Bertz CT molecular complexity index is 415. The number of esters is 1. The van der Waals surface area contributed by atoms with Crippen molar-refractivity contribution in [2.45, 2.75) is 19.1 Å². The molecule has 0 fully saturated rings. The second kappa shape index (κ2) is 6.30. The van der Waals surface area contributed by atoms with E-state index in [4.69, 9.17) is 11.6 Å². The van der Waals surface area contributed by atoms with E-state index in [0.29, 0.717) is 4.47 Å². The van der Waals surface area contributed by atoms with E-state index in [2.05, 4.69) is 25.7 Å². The highest BCUT2D eigenvalue weighted by atomic mass is 79.9. The van der Waals surface area contributed by atoms with Crippen LogP contribution in [0.5, 0.6) is 0 Å². The number of hydrogen-bond donors (Lipinski definition) is 2. The zero-order chi connectivity index (χ0) is 13.0. The molecule has 0 saturated carbocycles. The van der Waals surface area contributed by atoms with Crippen molar-refractivity contribution in [3.05, 3.63) is 27.5 Å². The van der Waals surface area contributed by atoms with Crippen LogP contribution in [-0.4, -0.2) is 33.9 Å². The monoisotopic (exact) mass is 323 g/mol. The molecule has 0 aromatic carbocycles. The second-order valence-electron chi connectivity index (χ2n) is 3.18. The maximum atomic E-state index is 11.2. The molecule has 0 aliphatic heterocycles. The summed E-state index contributed by atoms with van der Waals surface area (Å²) >= 11 is 8.91. The molecule has 0 spiro atoms. The molecular weight excluding hydrogens is 313 g/mol. The molecule has 1 heterocycles. The maximum Gasteiger partial charge on any atom is 0.338 e. The molecule has 0 aliphatic rings. The molecular formula is C10H11BrClNO4. The number of aliphatic hydroxyl groups excluding tert-OH is 2. The van der Waals surface area contributed by atoms with Gasteiger partial charge in [-0.05, 0) is 28.9 Å². The third-order valence-electron chi connectivity index (χ3n) is 1.98. The highest BCUT2D eigenvalue weighted by Crippen LogP contribution is 2.26. The van der Waals surface area contributed by atoms with Crippen molar-refractivity contribution in [3.63, 3.8) is 0 Å². The Morgan fingerprint density at radius 1 is 1.65 bits per heavy atom. The SMILES string of the molecule is CCOC(=O)C(O)C(O)c1cc(Br)cnc1Cl. The third-order valence-corrected chi connectivity index (χ3v) is 2.73. The summed E-state index contributed by atoms with van der Waals surface area (Å²) in [6.07, 6.45) is -1.73. The van der Waals surface area contributed by atoms with E-state index in [-0.39, 0.29) is 17.3 Å². The molecule has 17 heavy (non-hydrogen) atoms. The number of rotatable bonds is 4. The van der Waals surface area contributed by atoms with Gasteiger partial charge in [-0.25, -0.2) is 9.78 Å². The van der Waals surface area contributed by atoms with Gasteiger partial charge in [-0.3, -0.25) is 0 Å². The molecule has 1 aromatic rings. The smallest absolute Gasteiger partial charge is 0.338 e. The summed E-state index contributed by atoms with van der Waals surface area (Å²) < 4.78 is 5.17. The van der Waals surface area contributed by atoms with Gasteiger partial charge in [-0.15, -0.1) is 0 Å². The lowest BCUT2D eigenvalue weighted by molar-refractivity contribution is -0.159. The molecule has 0 saturated heterocycles. The van der Waals surface area contributed by atoms with Crippen molar-refractivity contribution in [3.8, 4) is 0 Å². The van der Waals surface area contributed by atoms with Crippen molar-refractivity contribution < 1.29 is 19.7 Å². The first-order valence-electron chi connectivity index (χ1n) is 4.81. The highest BCUT2D eigenvalue weighted by molar-refractivity contribution is 9.10. The van der Waals surface area contributed by atoms with Gasteiger partial charge in [0.25, 0.3) is 0 Å². The second-order valence-corrected chi connectivity index (χ2v) is 4.45. The quantitative estimate of drug-likeness (QED) is 0.647. The van der Waals surface area contributed by atoms with E-state index in [1.807, 2.05) is 0 Å². The maximum absolute atomic E-state index is 11.2. The largest absolute Gasteiger partial charge is 0.464 e. The van der Waals surface area contributed by atoms with Crippen LogP contribution in [0.2, 0.25) is 5.15 Å². The fourth-order valence-electron chi connectivity index (χ4n) is 1.17. The molecule has 94 valence electrons.